The zero-order valence-electron chi connectivity index (χ0n) is 15.1. The fourth-order valence-electron chi connectivity index (χ4n) is 3.88. The second-order valence-electron chi connectivity index (χ2n) is 7.41. The van der Waals surface area contributed by atoms with Gasteiger partial charge < -0.3 is 9.80 Å². The van der Waals surface area contributed by atoms with Crippen LogP contribution in [0.25, 0.3) is 0 Å². The van der Waals surface area contributed by atoms with E-state index < -0.39 is 0 Å². The topological polar surface area (TPSA) is 40.6 Å². The average molecular weight is 348 g/mol. The number of amides is 2. The van der Waals surface area contributed by atoms with Gasteiger partial charge in [-0.1, -0.05) is 54.6 Å². The zero-order valence-corrected chi connectivity index (χ0v) is 15.1. The van der Waals surface area contributed by atoms with E-state index in [1.54, 1.807) is 4.90 Å². The van der Waals surface area contributed by atoms with Crippen LogP contribution in [0, 0.1) is 11.8 Å². The lowest BCUT2D eigenvalue weighted by Crippen LogP contribution is -2.38. The van der Waals surface area contributed by atoms with Crippen molar-refractivity contribution < 1.29 is 9.59 Å². The molecular weight excluding hydrogens is 324 g/mol. The van der Waals surface area contributed by atoms with E-state index in [0.717, 1.165) is 18.5 Å². The molecule has 0 saturated heterocycles. The minimum atomic E-state index is -0.145. The Balaban J connectivity index is 1.34. The second-order valence-corrected chi connectivity index (χ2v) is 7.41. The quantitative estimate of drug-likeness (QED) is 0.852. The van der Waals surface area contributed by atoms with Crippen molar-refractivity contribution in [2.45, 2.75) is 25.9 Å². The molecule has 0 bridgehead atoms. The number of hydrogen-bond donors (Lipinski definition) is 0. The van der Waals surface area contributed by atoms with E-state index in [1.165, 1.54) is 11.1 Å². The van der Waals surface area contributed by atoms with Gasteiger partial charge in [0.15, 0.2) is 0 Å². The summed E-state index contributed by atoms with van der Waals surface area (Å²) in [6.45, 7) is 2.02. The van der Waals surface area contributed by atoms with Gasteiger partial charge in [-0.3, -0.25) is 9.59 Å². The molecule has 4 nitrogen and oxygen atoms in total. The summed E-state index contributed by atoms with van der Waals surface area (Å²) >= 11 is 0. The van der Waals surface area contributed by atoms with Crippen molar-refractivity contribution in [3.05, 3.63) is 71.3 Å². The van der Waals surface area contributed by atoms with Crippen molar-refractivity contribution in [2.24, 2.45) is 11.8 Å². The summed E-state index contributed by atoms with van der Waals surface area (Å²) in [7, 11) is 1.83. The minimum Gasteiger partial charge on any atom is -0.341 e. The smallest absolute Gasteiger partial charge is 0.226 e. The largest absolute Gasteiger partial charge is 0.341 e. The van der Waals surface area contributed by atoms with E-state index >= 15 is 0 Å². The molecule has 26 heavy (non-hydrogen) atoms. The van der Waals surface area contributed by atoms with E-state index in [2.05, 4.69) is 18.2 Å². The van der Waals surface area contributed by atoms with Crippen LogP contribution in [0.5, 0.6) is 0 Å². The molecule has 0 N–H and O–H groups in total. The van der Waals surface area contributed by atoms with Crippen molar-refractivity contribution in [3.63, 3.8) is 0 Å². The lowest BCUT2D eigenvalue weighted by atomic mass is 9.99. The van der Waals surface area contributed by atoms with E-state index in [1.807, 2.05) is 48.3 Å². The highest BCUT2D eigenvalue weighted by Gasteiger charge is 2.50. The molecule has 0 aromatic heterocycles. The first-order chi connectivity index (χ1) is 12.6. The highest BCUT2D eigenvalue weighted by molar-refractivity contribution is 5.92. The van der Waals surface area contributed by atoms with E-state index in [-0.39, 0.29) is 23.7 Å². The van der Waals surface area contributed by atoms with Gasteiger partial charge in [0.25, 0.3) is 0 Å². The summed E-state index contributed by atoms with van der Waals surface area (Å²) in [6, 6.07) is 18.3. The predicted octanol–water partition coefficient (Wildman–Crippen LogP) is 2.87. The molecule has 2 atom stereocenters. The number of carbonyl (C=O) groups excluding carboxylic acids is 2. The van der Waals surface area contributed by atoms with Gasteiger partial charge in [0.1, 0.15) is 0 Å². The Labute approximate surface area is 154 Å². The fourth-order valence-corrected chi connectivity index (χ4v) is 3.88. The normalized spacial score (nSPS) is 21.0. The molecule has 2 aromatic rings. The van der Waals surface area contributed by atoms with Crippen LogP contribution < -0.4 is 0 Å². The number of hydrogen-bond acceptors (Lipinski definition) is 2. The lowest BCUT2D eigenvalue weighted by molar-refractivity contribution is -0.138. The molecule has 2 aliphatic rings. The number of carbonyl (C=O) groups is 2. The van der Waals surface area contributed by atoms with E-state index in [0.29, 0.717) is 19.5 Å². The van der Waals surface area contributed by atoms with Crippen LogP contribution in [-0.4, -0.2) is 35.2 Å². The Morgan fingerprint density at radius 1 is 1.00 bits per heavy atom. The molecule has 4 rings (SSSR count). The second kappa shape index (κ2) is 6.94. The highest BCUT2D eigenvalue weighted by Crippen LogP contribution is 2.42. The molecule has 2 amide bonds. The van der Waals surface area contributed by atoms with Gasteiger partial charge >= 0.3 is 0 Å². The van der Waals surface area contributed by atoms with Crippen LogP contribution in [-0.2, 0) is 29.1 Å². The Kier molecular flexibility index (Phi) is 4.49. The standard InChI is InChI=1S/C22H24N2O2/c1-23(14-16-7-3-2-4-8-16)21(25)19-13-20(19)22(26)24-12-11-17-9-5-6-10-18(17)15-24/h2-10,19-20H,11-15H2,1H3. The van der Waals surface area contributed by atoms with Crippen molar-refractivity contribution >= 4 is 11.8 Å². The Morgan fingerprint density at radius 3 is 2.46 bits per heavy atom. The summed E-state index contributed by atoms with van der Waals surface area (Å²) in [6.07, 6.45) is 1.59. The third-order valence-electron chi connectivity index (χ3n) is 5.51. The molecular formula is C22H24N2O2. The highest BCUT2D eigenvalue weighted by atomic mass is 16.2. The van der Waals surface area contributed by atoms with Gasteiger partial charge in [0.2, 0.25) is 11.8 Å². The first kappa shape index (κ1) is 16.8. The molecule has 1 aliphatic carbocycles. The van der Waals surface area contributed by atoms with Gasteiger partial charge in [0.05, 0.1) is 11.8 Å². The number of benzene rings is 2. The van der Waals surface area contributed by atoms with Gasteiger partial charge in [-0.2, -0.15) is 0 Å². The summed E-state index contributed by atoms with van der Waals surface area (Å²) in [5, 5.41) is 0. The van der Waals surface area contributed by atoms with Gasteiger partial charge in [-0.15, -0.1) is 0 Å². The van der Waals surface area contributed by atoms with Gasteiger partial charge in [0, 0.05) is 26.7 Å². The van der Waals surface area contributed by atoms with Crippen LogP contribution in [0.2, 0.25) is 0 Å². The molecule has 0 radical (unpaired) electrons. The first-order valence-corrected chi connectivity index (χ1v) is 9.28. The Hall–Kier alpha value is -2.62. The summed E-state index contributed by atoms with van der Waals surface area (Å²) in [5.74, 6) is -0.0463. The van der Waals surface area contributed by atoms with Crippen LogP contribution in [0.15, 0.2) is 54.6 Å². The summed E-state index contributed by atoms with van der Waals surface area (Å²) in [4.78, 5) is 29.2. The van der Waals surface area contributed by atoms with Crippen LogP contribution in [0.3, 0.4) is 0 Å². The van der Waals surface area contributed by atoms with Gasteiger partial charge in [-0.05, 0) is 29.5 Å². The maximum atomic E-state index is 12.8. The summed E-state index contributed by atoms with van der Waals surface area (Å²) in [5.41, 5.74) is 3.68. The minimum absolute atomic E-state index is 0.0876. The van der Waals surface area contributed by atoms with Crippen LogP contribution in [0.1, 0.15) is 23.1 Å². The molecule has 4 heteroatoms. The fraction of sp³-hybridized carbons (Fsp3) is 0.364. The SMILES string of the molecule is CN(Cc1ccccc1)C(=O)C1CC1C(=O)N1CCc2ccccc2C1. The maximum Gasteiger partial charge on any atom is 0.226 e. The van der Waals surface area contributed by atoms with E-state index in [4.69, 9.17) is 0 Å². The maximum absolute atomic E-state index is 12.8. The van der Waals surface area contributed by atoms with E-state index in [9.17, 15) is 9.59 Å². The molecule has 1 aliphatic heterocycles. The molecule has 1 saturated carbocycles. The molecule has 1 heterocycles. The molecule has 1 fully saturated rings. The van der Waals surface area contributed by atoms with Gasteiger partial charge in [-0.25, -0.2) is 0 Å². The van der Waals surface area contributed by atoms with Crippen molar-refractivity contribution in [3.8, 4) is 0 Å². The zero-order chi connectivity index (χ0) is 18.1. The lowest BCUT2D eigenvalue weighted by Gasteiger charge is -2.29. The van der Waals surface area contributed by atoms with Crippen LogP contribution in [0.4, 0.5) is 0 Å². The van der Waals surface area contributed by atoms with Crippen LogP contribution >= 0.6 is 0 Å². The Bertz CT molecular complexity index is 818. The number of rotatable bonds is 4. The first-order valence-electron chi connectivity index (χ1n) is 9.28. The number of nitrogens with zero attached hydrogens (tertiary/aromatic N) is 2. The summed E-state index contributed by atoms with van der Waals surface area (Å²) < 4.78 is 0. The molecule has 0 spiro atoms. The van der Waals surface area contributed by atoms with Crippen molar-refractivity contribution in [1.29, 1.82) is 0 Å². The Morgan fingerprint density at radius 2 is 1.69 bits per heavy atom. The molecule has 134 valence electrons. The van der Waals surface area contributed by atoms with Crippen molar-refractivity contribution in [2.75, 3.05) is 13.6 Å². The monoisotopic (exact) mass is 348 g/mol. The van der Waals surface area contributed by atoms with Crippen molar-refractivity contribution in [1.82, 2.24) is 9.80 Å². The predicted molar refractivity (Wildman–Crippen MR) is 100 cm³/mol. The average Bonchev–Trinajstić information content (AvgIpc) is 3.48. The third-order valence-corrected chi connectivity index (χ3v) is 5.51. The number of fused-ring (bicyclic) bond motifs is 1. The molecule has 2 unspecified atom stereocenters. The third kappa shape index (κ3) is 3.36. The molecule has 2 aromatic carbocycles.